The minimum absolute atomic E-state index is 0.0398. The summed E-state index contributed by atoms with van der Waals surface area (Å²) in [6.45, 7) is 1.99. The second kappa shape index (κ2) is 7.27. The third kappa shape index (κ3) is 4.00. The standard InChI is InChI=1S/C17H14IN3OS/c1-11-8-12(18)6-7-14(11)21-16(22)9-23-17-13-4-2-3-5-15(13)19-10-20-17/h2-8,10H,9H2,1H3,(H,21,22). The van der Waals surface area contributed by atoms with E-state index in [1.54, 1.807) is 0 Å². The zero-order chi connectivity index (χ0) is 16.2. The van der Waals surface area contributed by atoms with Gasteiger partial charge in [0.15, 0.2) is 0 Å². The summed E-state index contributed by atoms with van der Waals surface area (Å²) in [7, 11) is 0. The predicted molar refractivity (Wildman–Crippen MR) is 103 cm³/mol. The van der Waals surface area contributed by atoms with E-state index in [4.69, 9.17) is 0 Å². The van der Waals surface area contributed by atoms with Crippen LogP contribution >= 0.6 is 34.4 Å². The van der Waals surface area contributed by atoms with Crippen LogP contribution in [0.4, 0.5) is 5.69 Å². The van der Waals surface area contributed by atoms with E-state index in [-0.39, 0.29) is 5.91 Å². The van der Waals surface area contributed by atoms with Crippen molar-refractivity contribution in [2.75, 3.05) is 11.1 Å². The Morgan fingerprint density at radius 2 is 2.04 bits per heavy atom. The number of para-hydroxylation sites is 1. The molecule has 0 spiro atoms. The average Bonchev–Trinajstić information content (AvgIpc) is 2.55. The van der Waals surface area contributed by atoms with Gasteiger partial charge in [0, 0.05) is 14.6 Å². The van der Waals surface area contributed by atoms with Crippen LogP contribution < -0.4 is 5.32 Å². The van der Waals surface area contributed by atoms with Crippen LogP contribution in [0.25, 0.3) is 10.9 Å². The van der Waals surface area contributed by atoms with Gasteiger partial charge in [-0.1, -0.05) is 30.0 Å². The zero-order valence-electron chi connectivity index (χ0n) is 12.4. The van der Waals surface area contributed by atoms with Gasteiger partial charge in [0.05, 0.1) is 11.3 Å². The van der Waals surface area contributed by atoms with E-state index in [0.717, 1.165) is 30.7 Å². The van der Waals surface area contributed by atoms with Crippen molar-refractivity contribution in [1.29, 1.82) is 0 Å². The zero-order valence-corrected chi connectivity index (χ0v) is 15.4. The molecule has 0 radical (unpaired) electrons. The van der Waals surface area contributed by atoms with Crippen molar-refractivity contribution >= 4 is 56.9 Å². The molecule has 4 nitrogen and oxygen atoms in total. The second-order valence-electron chi connectivity index (χ2n) is 4.99. The molecule has 1 heterocycles. The number of rotatable bonds is 4. The highest BCUT2D eigenvalue weighted by molar-refractivity contribution is 14.1. The Kier molecular flexibility index (Phi) is 5.12. The summed E-state index contributed by atoms with van der Waals surface area (Å²) in [4.78, 5) is 20.7. The van der Waals surface area contributed by atoms with Crippen molar-refractivity contribution in [3.63, 3.8) is 0 Å². The molecule has 0 atom stereocenters. The molecule has 0 saturated carbocycles. The van der Waals surface area contributed by atoms with Gasteiger partial charge in [0.25, 0.3) is 0 Å². The van der Waals surface area contributed by atoms with E-state index >= 15 is 0 Å². The van der Waals surface area contributed by atoms with Crippen molar-refractivity contribution < 1.29 is 4.79 Å². The van der Waals surface area contributed by atoms with Crippen LogP contribution in [-0.2, 0) is 4.79 Å². The van der Waals surface area contributed by atoms with Gasteiger partial charge in [-0.2, -0.15) is 0 Å². The number of thioether (sulfide) groups is 1. The number of aromatic nitrogens is 2. The molecule has 0 aliphatic heterocycles. The van der Waals surface area contributed by atoms with Gasteiger partial charge in [-0.15, -0.1) is 0 Å². The number of anilines is 1. The summed E-state index contributed by atoms with van der Waals surface area (Å²) in [5.41, 5.74) is 2.80. The Labute approximate surface area is 152 Å². The monoisotopic (exact) mass is 435 g/mol. The number of amides is 1. The van der Waals surface area contributed by atoms with Crippen molar-refractivity contribution in [1.82, 2.24) is 9.97 Å². The number of nitrogens with one attached hydrogen (secondary N) is 1. The number of fused-ring (bicyclic) bond motifs is 1. The van der Waals surface area contributed by atoms with Crippen LogP contribution in [0.2, 0.25) is 0 Å². The van der Waals surface area contributed by atoms with Crippen molar-refractivity contribution in [2.45, 2.75) is 11.9 Å². The van der Waals surface area contributed by atoms with Crippen LogP contribution in [0.5, 0.6) is 0 Å². The molecular formula is C17H14IN3OS. The van der Waals surface area contributed by atoms with Crippen LogP contribution in [0.1, 0.15) is 5.56 Å². The number of hydrogen-bond acceptors (Lipinski definition) is 4. The number of hydrogen-bond donors (Lipinski definition) is 1. The maximum atomic E-state index is 12.2. The first-order chi connectivity index (χ1) is 11.1. The topological polar surface area (TPSA) is 54.9 Å². The summed E-state index contributed by atoms with van der Waals surface area (Å²) < 4.78 is 1.15. The summed E-state index contributed by atoms with van der Waals surface area (Å²) >= 11 is 3.68. The fourth-order valence-corrected chi connectivity index (χ4v) is 3.62. The lowest BCUT2D eigenvalue weighted by Gasteiger charge is -2.09. The molecule has 116 valence electrons. The van der Waals surface area contributed by atoms with E-state index in [1.165, 1.54) is 18.1 Å². The lowest BCUT2D eigenvalue weighted by atomic mass is 10.2. The van der Waals surface area contributed by atoms with E-state index in [2.05, 4.69) is 37.9 Å². The second-order valence-corrected chi connectivity index (χ2v) is 7.20. The number of carbonyl (C=O) groups is 1. The lowest BCUT2D eigenvalue weighted by Crippen LogP contribution is -2.15. The highest BCUT2D eigenvalue weighted by Gasteiger charge is 2.09. The number of nitrogens with zero attached hydrogens (tertiary/aromatic N) is 2. The fraction of sp³-hybridized carbons (Fsp3) is 0.118. The van der Waals surface area contributed by atoms with Crippen LogP contribution in [0.15, 0.2) is 53.8 Å². The Morgan fingerprint density at radius 1 is 1.22 bits per heavy atom. The quantitative estimate of drug-likeness (QED) is 0.378. The van der Waals surface area contributed by atoms with Gasteiger partial charge in [0.1, 0.15) is 11.4 Å². The molecule has 6 heteroatoms. The fourth-order valence-electron chi connectivity index (χ4n) is 2.18. The molecule has 23 heavy (non-hydrogen) atoms. The largest absolute Gasteiger partial charge is 0.325 e. The Bertz CT molecular complexity index is 864. The third-order valence-corrected chi connectivity index (χ3v) is 4.99. The van der Waals surface area contributed by atoms with Gasteiger partial charge < -0.3 is 5.32 Å². The summed E-state index contributed by atoms with van der Waals surface area (Å²) in [5, 5.41) is 4.74. The van der Waals surface area contributed by atoms with Crippen LogP contribution in [0.3, 0.4) is 0 Å². The van der Waals surface area contributed by atoms with Gasteiger partial charge >= 0.3 is 0 Å². The number of benzene rings is 2. The predicted octanol–water partition coefficient (Wildman–Crippen LogP) is 4.27. The molecule has 0 aliphatic rings. The van der Waals surface area contributed by atoms with Crippen molar-refractivity contribution in [3.05, 3.63) is 57.9 Å². The molecule has 3 aromatic rings. The van der Waals surface area contributed by atoms with Gasteiger partial charge in [-0.05, 0) is 59.3 Å². The average molecular weight is 435 g/mol. The highest BCUT2D eigenvalue weighted by Crippen LogP contribution is 2.24. The molecule has 1 N–H and O–H groups in total. The Balaban J connectivity index is 1.69. The summed E-state index contributed by atoms with van der Waals surface area (Å²) in [6.07, 6.45) is 1.53. The smallest absolute Gasteiger partial charge is 0.234 e. The summed E-state index contributed by atoms with van der Waals surface area (Å²) in [5.74, 6) is 0.272. The Hall–Kier alpha value is -1.67. The van der Waals surface area contributed by atoms with Crippen LogP contribution in [-0.4, -0.2) is 21.6 Å². The van der Waals surface area contributed by atoms with E-state index in [9.17, 15) is 4.79 Å². The third-order valence-electron chi connectivity index (χ3n) is 3.31. The molecule has 0 aliphatic carbocycles. The molecule has 0 saturated heterocycles. The van der Waals surface area contributed by atoms with Gasteiger partial charge in [-0.25, -0.2) is 9.97 Å². The van der Waals surface area contributed by atoms with Crippen molar-refractivity contribution in [2.24, 2.45) is 0 Å². The molecule has 0 fully saturated rings. The first-order valence-electron chi connectivity index (χ1n) is 7.02. The normalized spacial score (nSPS) is 10.7. The van der Waals surface area contributed by atoms with Crippen LogP contribution in [0, 0.1) is 10.5 Å². The maximum Gasteiger partial charge on any atom is 0.234 e. The number of aryl methyl sites for hydroxylation is 1. The molecule has 1 amide bonds. The molecule has 0 unspecified atom stereocenters. The molecule has 3 rings (SSSR count). The first-order valence-corrected chi connectivity index (χ1v) is 9.08. The minimum Gasteiger partial charge on any atom is -0.325 e. The summed E-state index contributed by atoms with van der Waals surface area (Å²) in [6, 6.07) is 13.8. The molecule has 1 aromatic heterocycles. The molecule has 2 aromatic carbocycles. The Morgan fingerprint density at radius 3 is 2.87 bits per heavy atom. The first kappa shape index (κ1) is 16.2. The van der Waals surface area contributed by atoms with E-state index in [0.29, 0.717) is 5.75 Å². The highest BCUT2D eigenvalue weighted by atomic mass is 127. The van der Waals surface area contributed by atoms with Gasteiger partial charge in [-0.3, -0.25) is 4.79 Å². The van der Waals surface area contributed by atoms with Gasteiger partial charge in [0.2, 0.25) is 5.91 Å². The number of halogens is 1. The van der Waals surface area contributed by atoms with E-state index in [1.807, 2.05) is 49.4 Å². The SMILES string of the molecule is Cc1cc(I)ccc1NC(=O)CSc1ncnc2ccccc12. The maximum absolute atomic E-state index is 12.2. The minimum atomic E-state index is -0.0398. The molecular weight excluding hydrogens is 421 g/mol. The van der Waals surface area contributed by atoms with Crippen molar-refractivity contribution in [3.8, 4) is 0 Å². The molecule has 0 bridgehead atoms. The number of carbonyl (C=O) groups excluding carboxylic acids is 1. The van der Waals surface area contributed by atoms with E-state index < -0.39 is 0 Å². The lowest BCUT2D eigenvalue weighted by molar-refractivity contribution is -0.113.